The van der Waals surface area contributed by atoms with Gasteiger partial charge in [-0.15, -0.1) is 15.0 Å². The van der Waals surface area contributed by atoms with Gasteiger partial charge in [0, 0.05) is 56.9 Å². The highest BCUT2D eigenvalue weighted by Gasteiger charge is 2.29. The van der Waals surface area contributed by atoms with Gasteiger partial charge in [0.05, 0.1) is 6.54 Å². The van der Waals surface area contributed by atoms with E-state index in [9.17, 15) is 19.6 Å². The Morgan fingerprint density at radius 1 is 0.914 bits per heavy atom. The molecule has 0 saturated carbocycles. The third-order valence-corrected chi connectivity index (χ3v) is 9.99. The van der Waals surface area contributed by atoms with Gasteiger partial charge in [-0.25, -0.2) is 9.59 Å². The molecule has 0 bridgehead atoms. The Kier molecular flexibility index (Phi) is 12.3. The monoisotopic (exact) mass is 796 g/mol. The molecule has 0 fully saturated rings. The van der Waals surface area contributed by atoms with E-state index in [0.29, 0.717) is 57.9 Å². The number of ether oxygens (including phenoxy) is 2. The number of halogens is 1. The van der Waals surface area contributed by atoms with Crippen molar-refractivity contribution in [1.29, 1.82) is 5.26 Å². The number of benzene rings is 4. The SMILES string of the molecule is C=C(C)C(=O)Oc1c(-n2nc3ccc(Cl)cc3n2)cc(CCCC=C(C)C(=O)OCCNC(=O)C(C#N)=C2c3ccccc3N(C)c3ccccc32)cc1C(C)(C)C. The average Bonchev–Trinajstić information content (AvgIpc) is 3.62. The topological polar surface area (TPSA) is 139 Å². The van der Waals surface area contributed by atoms with Crippen LogP contribution in [-0.2, 0) is 31.0 Å². The minimum Gasteiger partial charge on any atom is -0.460 e. The van der Waals surface area contributed by atoms with E-state index in [4.69, 9.17) is 21.1 Å². The predicted molar refractivity (Wildman–Crippen MR) is 226 cm³/mol. The number of rotatable bonds is 12. The number of nitrogens with zero attached hydrogens (tertiary/aromatic N) is 5. The summed E-state index contributed by atoms with van der Waals surface area (Å²) in [6.07, 6.45) is 3.76. The fourth-order valence-electron chi connectivity index (χ4n) is 6.74. The molecule has 296 valence electrons. The van der Waals surface area contributed by atoms with E-state index in [1.165, 1.54) is 4.80 Å². The summed E-state index contributed by atoms with van der Waals surface area (Å²) in [5.41, 5.74) is 7.68. The number of anilines is 2. The van der Waals surface area contributed by atoms with Crippen LogP contribution in [0.2, 0.25) is 5.02 Å². The van der Waals surface area contributed by atoms with Crippen molar-refractivity contribution in [2.45, 2.75) is 59.3 Å². The molecule has 0 spiro atoms. The second-order valence-corrected chi connectivity index (χ2v) is 15.6. The molecule has 4 aromatic carbocycles. The number of para-hydroxylation sites is 2. The highest BCUT2D eigenvalue weighted by atomic mass is 35.5. The number of esters is 2. The summed E-state index contributed by atoms with van der Waals surface area (Å²) in [4.78, 5) is 42.6. The van der Waals surface area contributed by atoms with Crippen LogP contribution in [0, 0.1) is 11.3 Å². The number of aromatic nitrogens is 3. The number of unbranched alkanes of at least 4 members (excludes halogenated alkanes) is 1. The molecule has 1 N–H and O–H groups in total. The normalized spacial score (nSPS) is 12.3. The molecule has 5 aromatic rings. The number of aryl methyl sites for hydroxylation is 1. The lowest BCUT2D eigenvalue weighted by atomic mass is 9.84. The molecular formula is C46H45ClN6O5. The Bertz CT molecular complexity index is 2510. The Balaban J connectivity index is 1.10. The van der Waals surface area contributed by atoms with Gasteiger partial charge in [-0.1, -0.05) is 87.5 Å². The number of nitriles is 1. The van der Waals surface area contributed by atoms with E-state index >= 15 is 0 Å². The van der Waals surface area contributed by atoms with E-state index in [-0.39, 0.29) is 24.3 Å². The number of nitrogens with one attached hydrogen (secondary N) is 1. The van der Waals surface area contributed by atoms with Gasteiger partial charge in [0.15, 0.2) is 5.75 Å². The fourth-order valence-corrected chi connectivity index (χ4v) is 6.91. The summed E-state index contributed by atoms with van der Waals surface area (Å²) >= 11 is 6.23. The molecule has 6 rings (SSSR count). The zero-order valence-electron chi connectivity index (χ0n) is 33.5. The second kappa shape index (κ2) is 17.3. The Hall–Kier alpha value is -6.51. The molecule has 12 heteroatoms. The van der Waals surface area contributed by atoms with E-state index in [1.54, 1.807) is 32.0 Å². The third kappa shape index (κ3) is 8.88. The van der Waals surface area contributed by atoms with Crippen molar-refractivity contribution in [1.82, 2.24) is 20.3 Å². The van der Waals surface area contributed by atoms with Gasteiger partial charge in [-0.05, 0) is 80.5 Å². The van der Waals surface area contributed by atoms with E-state index in [0.717, 1.165) is 33.6 Å². The predicted octanol–water partition coefficient (Wildman–Crippen LogP) is 8.89. The summed E-state index contributed by atoms with van der Waals surface area (Å²) in [6.45, 7) is 13.1. The van der Waals surface area contributed by atoms with Crippen LogP contribution in [0.4, 0.5) is 11.4 Å². The standard InChI is InChI=1S/C46H45ClN6O5/c1-28(2)44(55)58-42-35(46(4,5)6)24-30(25-40(42)53-50-36-21-20-31(47)26-37(36)51-53)15-9-8-14-29(3)45(56)57-23-22-49-43(54)34(27-48)41-32-16-10-12-18-38(32)52(7)39-19-13-11-17-33(39)41/h10-14,16-21,24-26H,1,8-9,15,22-23H2,2-7H3,(H,49,54). The van der Waals surface area contributed by atoms with Crippen molar-refractivity contribution in [3.05, 3.63) is 136 Å². The summed E-state index contributed by atoms with van der Waals surface area (Å²) in [6, 6.07) is 26.6. The van der Waals surface area contributed by atoms with Gasteiger partial charge >= 0.3 is 11.9 Å². The first-order valence-corrected chi connectivity index (χ1v) is 19.3. The van der Waals surface area contributed by atoms with Crippen LogP contribution in [0.3, 0.4) is 0 Å². The number of hydrogen-bond acceptors (Lipinski definition) is 9. The maximum absolute atomic E-state index is 13.4. The third-order valence-electron chi connectivity index (χ3n) is 9.76. The summed E-state index contributed by atoms with van der Waals surface area (Å²) in [5.74, 6) is -1.24. The zero-order chi connectivity index (χ0) is 41.7. The first-order valence-electron chi connectivity index (χ1n) is 18.9. The molecular weight excluding hydrogens is 752 g/mol. The Morgan fingerprint density at radius 2 is 1.57 bits per heavy atom. The molecule has 0 aliphatic carbocycles. The molecule has 2 heterocycles. The molecule has 0 saturated heterocycles. The smallest absolute Gasteiger partial charge is 0.338 e. The van der Waals surface area contributed by atoms with Crippen molar-refractivity contribution in [2.24, 2.45) is 0 Å². The van der Waals surface area contributed by atoms with Gasteiger partial charge < -0.3 is 19.7 Å². The van der Waals surface area contributed by atoms with Crippen LogP contribution >= 0.6 is 11.6 Å². The summed E-state index contributed by atoms with van der Waals surface area (Å²) in [5, 5.41) is 22.8. The Morgan fingerprint density at radius 3 is 2.21 bits per heavy atom. The lowest BCUT2D eigenvalue weighted by molar-refractivity contribution is -0.139. The van der Waals surface area contributed by atoms with Gasteiger partial charge in [-0.2, -0.15) is 5.26 Å². The molecule has 1 aliphatic rings. The molecule has 1 aliphatic heterocycles. The minimum atomic E-state index is -0.552. The average molecular weight is 797 g/mol. The maximum atomic E-state index is 13.4. The van der Waals surface area contributed by atoms with Crippen LogP contribution in [0.5, 0.6) is 5.75 Å². The van der Waals surface area contributed by atoms with Crippen molar-refractivity contribution < 1.29 is 23.9 Å². The number of amides is 1. The van der Waals surface area contributed by atoms with Gasteiger partial charge in [0.1, 0.15) is 35.0 Å². The minimum absolute atomic E-state index is 0.0149. The van der Waals surface area contributed by atoms with E-state index < -0.39 is 23.3 Å². The largest absolute Gasteiger partial charge is 0.460 e. The number of fused-ring (bicyclic) bond motifs is 3. The van der Waals surface area contributed by atoms with E-state index in [2.05, 4.69) is 28.2 Å². The van der Waals surface area contributed by atoms with Crippen LogP contribution in [0.1, 0.15) is 69.7 Å². The zero-order valence-corrected chi connectivity index (χ0v) is 34.2. The molecule has 1 amide bonds. The van der Waals surface area contributed by atoms with Crippen LogP contribution in [0.15, 0.2) is 108 Å². The lowest BCUT2D eigenvalue weighted by Crippen LogP contribution is -2.30. The van der Waals surface area contributed by atoms with Crippen LogP contribution in [0.25, 0.3) is 22.3 Å². The number of carbonyl (C=O) groups is 3. The highest BCUT2D eigenvalue weighted by Crippen LogP contribution is 2.45. The van der Waals surface area contributed by atoms with Crippen molar-refractivity contribution >= 4 is 57.4 Å². The van der Waals surface area contributed by atoms with Crippen molar-refractivity contribution in [3.8, 4) is 17.5 Å². The molecule has 0 radical (unpaired) electrons. The number of carbonyl (C=O) groups excluding carboxylic acids is 3. The first kappa shape index (κ1) is 41.1. The van der Waals surface area contributed by atoms with Crippen LogP contribution < -0.4 is 15.0 Å². The maximum Gasteiger partial charge on any atom is 0.338 e. The Labute approximate surface area is 343 Å². The molecule has 0 atom stereocenters. The van der Waals surface area contributed by atoms with Crippen molar-refractivity contribution in [2.75, 3.05) is 25.1 Å². The van der Waals surface area contributed by atoms with Crippen LogP contribution in [-0.4, -0.2) is 53.0 Å². The van der Waals surface area contributed by atoms with Gasteiger partial charge in [0.25, 0.3) is 5.91 Å². The lowest BCUT2D eigenvalue weighted by Gasteiger charge is -2.32. The second-order valence-electron chi connectivity index (χ2n) is 15.2. The molecule has 58 heavy (non-hydrogen) atoms. The number of hydrogen-bond donors (Lipinski definition) is 1. The molecule has 1 aromatic heterocycles. The van der Waals surface area contributed by atoms with Crippen molar-refractivity contribution in [3.63, 3.8) is 0 Å². The first-order chi connectivity index (χ1) is 27.7. The summed E-state index contributed by atoms with van der Waals surface area (Å²) < 4.78 is 11.4. The molecule has 11 nitrogen and oxygen atoms in total. The van der Waals surface area contributed by atoms with E-state index in [1.807, 2.05) is 99.5 Å². The number of allylic oxidation sites excluding steroid dienone is 1. The summed E-state index contributed by atoms with van der Waals surface area (Å²) in [7, 11) is 1.95. The quantitative estimate of drug-likeness (QED) is 0.0431. The highest BCUT2D eigenvalue weighted by molar-refractivity contribution is 6.31. The van der Waals surface area contributed by atoms with Gasteiger partial charge in [0.2, 0.25) is 0 Å². The van der Waals surface area contributed by atoms with Gasteiger partial charge in [-0.3, -0.25) is 4.79 Å². The fraction of sp³-hybridized carbons (Fsp3) is 0.261. The molecule has 0 unspecified atom stereocenters.